The Balaban J connectivity index is 5.32. The summed E-state index contributed by atoms with van der Waals surface area (Å²) in [6.07, 6.45) is 71.1. The summed E-state index contributed by atoms with van der Waals surface area (Å²) in [6.45, 7) is 4.93. The van der Waals surface area contributed by atoms with Gasteiger partial charge in [-0.25, -0.2) is 9.13 Å². The number of allylic oxidation sites excluding steroid dienone is 6. The number of esters is 4. The summed E-state index contributed by atoms with van der Waals surface area (Å²) in [5.41, 5.74) is 0. The van der Waals surface area contributed by atoms with Crippen molar-refractivity contribution in [3.63, 3.8) is 0 Å². The molecule has 2 unspecified atom stereocenters. The quantitative estimate of drug-likeness (QED) is 0.0169. The number of ether oxygens (including phenoxy) is 4. The van der Waals surface area contributed by atoms with Crippen molar-refractivity contribution in [2.45, 2.75) is 418 Å². The van der Waals surface area contributed by atoms with Gasteiger partial charge in [-0.15, -0.1) is 0 Å². The molecule has 0 aromatic rings. The maximum Gasteiger partial charge on any atom is 0.472 e. The largest absolute Gasteiger partial charge is 0.472 e. The molecule has 5 atom stereocenters. The van der Waals surface area contributed by atoms with Gasteiger partial charge in [0.1, 0.15) is 19.3 Å². The van der Waals surface area contributed by atoms with E-state index in [1.807, 2.05) is 0 Å². The number of carbonyl (C=O) groups is 4. The number of unbranched alkanes of at least 4 members (excludes halogenated alkanes) is 47. The van der Waals surface area contributed by atoms with Crippen LogP contribution >= 0.6 is 15.6 Å². The highest BCUT2D eigenvalue weighted by atomic mass is 31.2. The van der Waals surface area contributed by atoms with Gasteiger partial charge in [-0.2, -0.15) is 0 Å². The number of rotatable bonds is 79. The highest BCUT2D eigenvalue weighted by molar-refractivity contribution is 7.47. The molecule has 0 heterocycles. The van der Waals surface area contributed by atoms with E-state index >= 15 is 0 Å². The van der Waals surface area contributed by atoms with E-state index < -0.39 is 97.5 Å². The van der Waals surface area contributed by atoms with E-state index in [0.717, 1.165) is 128 Å². The zero-order valence-corrected chi connectivity index (χ0v) is 66.2. The van der Waals surface area contributed by atoms with Crippen molar-refractivity contribution in [3.8, 4) is 0 Å². The highest BCUT2D eigenvalue weighted by Gasteiger charge is 2.30. The van der Waals surface area contributed by atoms with E-state index in [4.69, 9.17) is 37.0 Å². The van der Waals surface area contributed by atoms with Crippen molar-refractivity contribution in [1.29, 1.82) is 0 Å². The van der Waals surface area contributed by atoms with Gasteiger partial charge >= 0.3 is 39.5 Å². The van der Waals surface area contributed by atoms with Gasteiger partial charge in [0, 0.05) is 25.7 Å². The number of aliphatic hydroxyl groups excluding tert-OH is 1. The zero-order chi connectivity index (χ0) is 73.2. The molecular formula is C81H152O17P2. The molecule has 19 heteroatoms. The van der Waals surface area contributed by atoms with Gasteiger partial charge < -0.3 is 33.8 Å². The predicted octanol–water partition coefficient (Wildman–Crippen LogP) is 23.9. The number of aliphatic hydroxyl groups is 1. The molecule has 0 radical (unpaired) electrons. The van der Waals surface area contributed by atoms with E-state index in [1.54, 1.807) is 0 Å². The Morgan fingerprint density at radius 1 is 0.280 bits per heavy atom. The Morgan fingerprint density at radius 3 is 0.770 bits per heavy atom. The molecule has 588 valence electrons. The second-order valence-corrected chi connectivity index (χ2v) is 31.0. The minimum atomic E-state index is -4.97. The molecule has 3 N–H and O–H groups in total. The van der Waals surface area contributed by atoms with Crippen molar-refractivity contribution in [2.24, 2.45) is 0 Å². The highest BCUT2D eigenvalue weighted by Crippen LogP contribution is 2.45. The van der Waals surface area contributed by atoms with Gasteiger partial charge in [-0.05, 0) is 83.5 Å². The molecule has 0 bridgehead atoms. The SMILES string of the molecule is CCCCC/C=C\C/C=C\CCCCCCCC(=O)O[C@H](COC(=O)CCCCCCCCCCCCCCCCC)COP(=O)(O)OC[C@H](O)COP(=O)(O)OC[C@@H](COC(=O)CCCCCCC/C=C\CCCCCCCC)OC(=O)CCCCCCCCCCCCCCCCC. The van der Waals surface area contributed by atoms with Crippen LogP contribution < -0.4 is 0 Å². The smallest absolute Gasteiger partial charge is 0.462 e. The van der Waals surface area contributed by atoms with Crippen molar-refractivity contribution >= 4 is 39.5 Å². The van der Waals surface area contributed by atoms with Gasteiger partial charge in [0.2, 0.25) is 0 Å². The first kappa shape index (κ1) is 97.3. The molecule has 0 spiro atoms. The standard InChI is InChI=1S/C81H152O17P2/c1-5-9-13-17-21-25-29-33-37-41-45-49-53-57-61-65-78(83)91-71-76(97-80(85)67-63-59-55-51-47-43-39-35-31-27-23-19-15-11-7-3)73-95-99(87,88)93-69-75(82)70-94-100(89,90)96-74-77(98-81(86)68-64-60-56-52-48-44-40-36-32-28-24-20-16-12-8-4)72-92-79(84)66-62-58-54-50-46-42-38-34-30-26-22-18-14-10-6-2/h23,27,34-35,38-39,75-77,82H,5-22,24-26,28-33,36-37,40-74H2,1-4H3,(H,87,88)(H,89,90)/b27-23-,38-34-,39-35-/t75-,76+,77+/m0/s1. The average molecular weight is 1460 g/mol. The minimum Gasteiger partial charge on any atom is -0.462 e. The summed E-state index contributed by atoms with van der Waals surface area (Å²) in [4.78, 5) is 73.0. The van der Waals surface area contributed by atoms with Crippen LogP contribution in [0.3, 0.4) is 0 Å². The first-order valence-corrected chi connectivity index (χ1v) is 44.2. The van der Waals surface area contributed by atoms with Crippen LogP contribution in [0.15, 0.2) is 36.5 Å². The van der Waals surface area contributed by atoms with E-state index in [0.29, 0.717) is 25.7 Å². The van der Waals surface area contributed by atoms with Crippen LogP contribution in [0.2, 0.25) is 0 Å². The van der Waals surface area contributed by atoms with Crippen molar-refractivity contribution in [3.05, 3.63) is 36.5 Å². The van der Waals surface area contributed by atoms with Crippen LogP contribution in [0.1, 0.15) is 400 Å². The van der Waals surface area contributed by atoms with Crippen LogP contribution in [-0.2, 0) is 65.4 Å². The topological polar surface area (TPSA) is 237 Å². The predicted molar refractivity (Wildman–Crippen MR) is 409 cm³/mol. The average Bonchev–Trinajstić information content (AvgIpc) is 1.25. The van der Waals surface area contributed by atoms with Gasteiger partial charge in [0.05, 0.1) is 26.4 Å². The second-order valence-electron chi connectivity index (χ2n) is 28.1. The fourth-order valence-corrected chi connectivity index (χ4v) is 13.4. The molecule has 0 amide bonds. The third kappa shape index (κ3) is 73.6. The Bertz CT molecular complexity index is 2040. The lowest BCUT2D eigenvalue weighted by Crippen LogP contribution is -2.30. The van der Waals surface area contributed by atoms with Crippen LogP contribution in [0.5, 0.6) is 0 Å². The Morgan fingerprint density at radius 2 is 0.490 bits per heavy atom. The van der Waals surface area contributed by atoms with E-state index in [9.17, 15) is 43.2 Å². The number of hydrogen-bond donors (Lipinski definition) is 3. The van der Waals surface area contributed by atoms with Crippen molar-refractivity contribution in [1.82, 2.24) is 0 Å². The first-order valence-electron chi connectivity index (χ1n) is 41.2. The molecule has 0 aromatic heterocycles. The second kappa shape index (κ2) is 74.5. The number of carbonyl (C=O) groups excluding carboxylic acids is 4. The third-order valence-electron chi connectivity index (χ3n) is 18.1. The Kier molecular flexibility index (Phi) is 72.5. The van der Waals surface area contributed by atoms with Gasteiger partial charge in [-0.3, -0.25) is 37.3 Å². The van der Waals surface area contributed by atoms with Gasteiger partial charge in [-0.1, -0.05) is 327 Å². The lowest BCUT2D eigenvalue weighted by Gasteiger charge is -2.21. The lowest BCUT2D eigenvalue weighted by molar-refractivity contribution is -0.161. The van der Waals surface area contributed by atoms with Crippen molar-refractivity contribution in [2.75, 3.05) is 39.6 Å². The summed E-state index contributed by atoms with van der Waals surface area (Å²) in [5.74, 6) is -2.15. The summed E-state index contributed by atoms with van der Waals surface area (Å²) < 4.78 is 68.7. The van der Waals surface area contributed by atoms with Crippen LogP contribution in [0, 0.1) is 0 Å². The summed E-state index contributed by atoms with van der Waals surface area (Å²) in [7, 11) is -9.94. The fourth-order valence-electron chi connectivity index (χ4n) is 11.8. The third-order valence-corrected chi connectivity index (χ3v) is 20.0. The monoisotopic (exact) mass is 1460 g/mol. The molecule has 0 rings (SSSR count). The summed E-state index contributed by atoms with van der Waals surface area (Å²) in [6, 6.07) is 0. The lowest BCUT2D eigenvalue weighted by atomic mass is 10.0. The zero-order valence-electron chi connectivity index (χ0n) is 64.4. The van der Waals surface area contributed by atoms with E-state index in [2.05, 4.69) is 64.2 Å². The molecule has 17 nitrogen and oxygen atoms in total. The van der Waals surface area contributed by atoms with Gasteiger partial charge in [0.25, 0.3) is 0 Å². The van der Waals surface area contributed by atoms with Crippen LogP contribution in [0.4, 0.5) is 0 Å². The normalized spacial score (nSPS) is 14.0. The summed E-state index contributed by atoms with van der Waals surface area (Å²) in [5, 5.41) is 10.6. The molecule has 0 aliphatic carbocycles. The molecule has 0 aliphatic rings. The Hall–Kier alpha value is -2.72. The molecule has 100 heavy (non-hydrogen) atoms. The number of phosphoric acid groups is 2. The summed E-state index contributed by atoms with van der Waals surface area (Å²) >= 11 is 0. The van der Waals surface area contributed by atoms with Crippen molar-refractivity contribution < 1.29 is 80.2 Å². The van der Waals surface area contributed by atoms with Gasteiger partial charge in [0.15, 0.2) is 12.2 Å². The Labute approximate surface area is 611 Å². The maximum absolute atomic E-state index is 13.1. The van der Waals surface area contributed by atoms with E-state index in [1.165, 1.54) is 193 Å². The molecular weight excluding hydrogens is 1310 g/mol. The number of phosphoric ester groups is 2. The van der Waals surface area contributed by atoms with E-state index in [-0.39, 0.29) is 25.7 Å². The molecule has 0 aliphatic heterocycles. The van der Waals surface area contributed by atoms with Crippen LogP contribution in [0.25, 0.3) is 0 Å². The minimum absolute atomic E-state index is 0.0864. The maximum atomic E-state index is 13.1. The number of hydrogen-bond acceptors (Lipinski definition) is 15. The molecule has 0 aromatic carbocycles. The van der Waals surface area contributed by atoms with Crippen LogP contribution in [-0.4, -0.2) is 96.7 Å². The fraction of sp³-hybridized carbons (Fsp3) is 0.877. The first-order chi connectivity index (χ1) is 48.7. The molecule has 0 saturated carbocycles. The molecule has 0 saturated heterocycles. The molecule has 0 fully saturated rings.